The molecule has 0 aromatic heterocycles. The summed E-state index contributed by atoms with van der Waals surface area (Å²) in [4.78, 5) is 0. The fraction of sp³-hybridized carbons (Fsp3) is 0.333. The van der Waals surface area contributed by atoms with Crippen molar-refractivity contribution in [2.75, 3.05) is 0 Å². The van der Waals surface area contributed by atoms with Crippen LogP contribution in [0.4, 0.5) is 0 Å². The topological polar surface area (TPSA) is 0 Å². The molecule has 0 heterocycles. The summed E-state index contributed by atoms with van der Waals surface area (Å²) in [5.41, 5.74) is 1.27. The predicted molar refractivity (Wildman–Crippen MR) is 46.8 cm³/mol. The van der Waals surface area contributed by atoms with Crippen LogP contribution < -0.4 is 0 Å². The van der Waals surface area contributed by atoms with Gasteiger partial charge in [0, 0.05) is 26.2 Å². The fourth-order valence-corrected chi connectivity index (χ4v) is 0.515. The van der Waals surface area contributed by atoms with Crippen LogP contribution in [0.25, 0.3) is 0 Å². The van der Waals surface area contributed by atoms with Crippen molar-refractivity contribution in [3.05, 3.63) is 23.8 Å². The van der Waals surface area contributed by atoms with E-state index in [2.05, 4.69) is 25.2 Å². The minimum atomic E-state index is 0. The average Bonchev–Trinajstić information content (AvgIpc) is 1.86. The third-order valence-electron chi connectivity index (χ3n) is 0.867. The van der Waals surface area contributed by atoms with Crippen LogP contribution in [-0.2, 0) is 26.2 Å². The Kier molecular flexibility index (Phi) is 17.3. The molecule has 0 saturated heterocycles. The molecule has 3 heteroatoms. The number of hydrogen-bond acceptors (Lipinski definition) is 0. The molecule has 0 saturated carbocycles. The van der Waals surface area contributed by atoms with Crippen molar-refractivity contribution < 1.29 is 26.2 Å². The molecule has 1 rings (SSSR count). The summed E-state index contributed by atoms with van der Waals surface area (Å²) in [5, 5.41) is 0. The van der Waals surface area contributed by atoms with Gasteiger partial charge in [0.25, 0.3) is 0 Å². The maximum Gasteiger partial charge on any atom is 0 e. The van der Waals surface area contributed by atoms with Crippen LogP contribution in [0, 0.1) is 6.08 Å². The molecule has 52 valence electrons. The minimum absolute atomic E-state index is 0. The second kappa shape index (κ2) is 9.32. The summed E-state index contributed by atoms with van der Waals surface area (Å²) >= 11 is 0. The van der Waals surface area contributed by atoms with Gasteiger partial charge >= 0.3 is 0 Å². The van der Waals surface area contributed by atoms with Crippen molar-refractivity contribution >= 4 is 34.0 Å². The van der Waals surface area contributed by atoms with Crippen LogP contribution in [-0.4, -0.2) is 0 Å². The first-order chi connectivity index (χ1) is 2.89. The SMILES string of the molecule is Br.Br.CC1=[C-]CC=C1.[Zr]. The van der Waals surface area contributed by atoms with E-state index in [4.69, 9.17) is 0 Å². The van der Waals surface area contributed by atoms with Crippen molar-refractivity contribution in [1.29, 1.82) is 0 Å². The molecule has 0 spiro atoms. The Morgan fingerprint density at radius 3 is 2.11 bits per heavy atom. The summed E-state index contributed by atoms with van der Waals surface area (Å²) in [6.45, 7) is 2.06. The monoisotopic (exact) mass is 329 g/mol. The zero-order chi connectivity index (χ0) is 4.41. The Bertz CT molecular complexity index is 105. The van der Waals surface area contributed by atoms with E-state index in [1.807, 2.05) is 0 Å². The van der Waals surface area contributed by atoms with Crippen molar-refractivity contribution in [1.82, 2.24) is 0 Å². The van der Waals surface area contributed by atoms with E-state index in [0.29, 0.717) is 0 Å². The van der Waals surface area contributed by atoms with E-state index in [1.165, 1.54) is 5.57 Å². The molecule has 0 nitrogen and oxygen atoms in total. The van der Waals surface area contributed by atoms with Gasteiger partial charge in [-0.25, -0.2) is 11.6 Å². The first-order valence-corrected chi connectivity index (χ1v) is 2.13. The molecule has 0 aliphatic heterocycles. The minimum Gasteiger partial charge on any atom is -0.270 e. The van der Waals surface area contributed by atoms with Crippen molar-refractivity contribution in [3.8, 4) is 0 Å². The number of halogens is 2. The molecular weight excluding hydrogens is 323 g/mol. The summed E-state index contributed by atoms with van der Waals surface area (Å²) in [6.07, 6.45) is 8.33. The average molecular weight is 332 g/mol. The van der Waals surface area contributed by atoms with Gasteiger partial charge < -0.3 is 0 Å². The van der Waals surface area contributed by atoms with Crippen molar-refractivity contribution in [2.45, 2.75) is 13.3 Å². The summed E-state index contributed by atoms with van der Waals surface area (Å²) in [7, 11) is 0. The molecule has 0 aromatic carbocycles. The van der Waals surface area contributed by atoms with E-state index in [-0.39, 0.29) is 60.2 Å². The second-order valence-corrected chi connectivity index (χ2v) is 1.47. The Hall–Kier alpha value is 1.32. The molecule has 0 unspecified atom stereocenters. The van der Waals surface area contributed by atoms with Crippen LogP contribution in [0.3, 0.4) is 0 Å². The van der Waals surface area contributed by atoms with Crippen LogP contribution in [0.5, 0.6) is 0 Å². The zero-order valence-electron chi connectivity index (χ0n) is 5.18. The van der Waals surface area contributed by atoms with E-state index in [1.54, 1.807) is 0 Å². The molecule has 0 bridgehead atoms. The molecule has 1 aliphatic rings. The van der Waals surface area contributed by atoms with Crippen molar-refractivity contribution in [2.24, 2.45) is 0 Å². The normalized spacial score (nSPS) is 12.3. The Labute approximate surface area is 96.5 Å². The standard InChI is InChI=1S/C6H7.2BrH.Zr/c1-6-4-2-3-5-6;;;/h2,4H,3H2,1H3;2*1H;/q-1;;;. The van der Waals surface area contributed by atoms with Gasteiger partial charge in [0.1, 0.15) is 0 Å². The molecule has 0 aromatic rings. The van der Waals surface area contributed by atoms with E-state index >= 15 is 0 Å². The zero-order valence-corrected chi connectivity index (χ0v) is 11.1. The van der Waals surface area contributed by atoms with Gasteiger partial charge in [-0.15, -0.1) is 40.4 Å². The van der Waals surface area contributed by atoms with E-state index in [0.717, 1.165) is 6.42 Å². The first kappa shape index (κ1) is 16.7. The third kappa shape index (κ3) is 7.22. The molecule has 0 N–H and O–H groups in total. The summed E-state index contributed by atoms with van der Waals surface area (Å²) < 4.78 is 0. The molecule has 0 amide bonds. The molecule has 1 aliphatic carbocycles. The first-order valence-electron chi connectivity index (χ1n) is 2.13. The largest absolute Gasteiger partial charge is 0.270 e. The van der Waals surface area contributed by atoms with Crippen molar-refractivity contribution in [3.63, 3.8) is 0 Å². The number of rotatable bonds is 0. The second-order valence-electron chi connectivity index (χ2n) is 1.47. The van der Waals surface area contributed by atoms with Crippen LogP contribution in [0.1, 0.15) is 13.3 Å². The third-order valence-corrected chi connectivity index (χ3v) is 0.867. The number of hydrogen-bond donors (Lipinski definition) is 0. The van der Waals surface area contributed by atoms with Gasteiger partial charge in [-0.1, -0.05) is 6.92 Å². The van der Waals surface area contributed by atoms with Gasteiger partial charge in [-0.2, -0.15) is 6.08 Å². The quantitative estimate of drug-likeness (QED) is 0.599. The number of allylic oxidation sites excluding steroid dienone is 4. The summed E-state index contributed by atoms with van der Waals surface area (Å²) in [5.74, 6) is 0. The summed E-state index contributed by atoms with van der Waals surface area (Å²) in [6, 6.07) is 0. The molecule has 9 heavy (non-hydrogen) atoms. The van der Waals surface area contributed by atoms with E-state index in [9.17, 15) is 0 Å². The van der Waals surface area contributed by atoms with Gasteiger partial charge in [0.15, 0.2) is 0 Å². The van der Waals surface area contributed by atoms with Gasteiger partial charge in [-0.05, 0) is 0 Å². The van der Waals surface area contributed by atoms with Crippen LogP contribution >= 0.6 is 34.0 Å². The van der Waals surface area contributed by atoms with Gasteiger partial charge in [0.2, 0.25) is 0 Å². The van der Waals surface area contributed by atoms with Gasteiger partial charge in [0.05, 0.1) is 0 Å². The molecule has 0 atom stereocenters. The fourth-order valence-electron chi connectivity index (χ4n) is 0.515. The molecule has 0 fully saturated rings. The Balaban J connectivity index is -0.000000120. The van der Waals surface area contributed by atoms with Crippen LogP contribution in [0.2, 0.25) is 0 Å². The predicted octanol–water partition coefficient (Wildman–Crippen LogP) is 2.85. The van der Waals surface area contributed by atoms with Crippen LogP contribution in [0.15, 0.2) is 17.7 Å². The maximum absolute atomic E-state index is 3.12. The maximum atomic E-state index is 3.12. The molecule has 0 radical (unpaired) electrons. The Morgan fingerprint density at radius 1 is 1.44 bits per heavy atom. The Morgan fingerprint density at radius 2 is 2.00 bits per heavy atom. The molecular formula is C6H9Br2Zr-. The van der Waals surface area contributed by atoms with E-state index < -0.39 is 0 Å². The van der Waals surface area contributed by atoms with Gasteiger partial charge in [-0.3, -0.25) is 6.08 Å². The smallest absolute Gasteiger partial charge is 0 e.